The highest BCUT2D eigenvalue weighted by atomic mass is 19.1. The van der Waals surface area contributed by atoms with Crippen LogP contribution in [0.25, 0.3) is 0 Å². The quantitative estimate of drug-likeness (QED) is 0.759. The highest BCUT2D eigenvalue weighted by Gasteiger charge is 2.19. The molecule has 0 fully saturated rings. The van der Waals surface area contributed by atoms with Crippen LogP contribution in [0.3, 0.4) is 0 Å². The SMILES string of the molecule is CCOC(=O)CN(C)C(C)c1cc(F)ccc1F. The summed E-state index contributed by atoms with van der Waals surface area (Å²) in [4.78, 5) is 12.9. The van der Waals surface area contributed by atoms with Gasteiger partial charge in [0.05, 0.1) is 13.2 Å². The molecule has 0 aliphatic carbocycles. The molecule has 1 aromatic rings. The summed E-state index contributed by atoms with van der Waals surface area (Å²) in [5.74, 6) is -1.37. The normalized spacial score (nSPS) is 12.6. The number of carbonyl (C=O) groups is 1. The Morgan fingerprint density at radius 3 is 2.72 bits per heavy atom. The number of likely N-dealkylation sites (N-methyl/N-ethyl adjacent to an activating group) is 1. The second-order valence-corrected chi connectivity index (χ2v) is 4.06. The zero-order chi connectivity index (χ0) is 13.7. The third kappa shape index (κ3) is 3.77. The van der Waals surface area contributed by atoms with E-state index >= 15 is 0 Å². The van der Waals surface area contributed by atoms with Crippen LogP contribution in [-0.2, 0) is 9.53 Å². The third-order valence-corrected chi connectivity index (χ3v) is 2.75. The molecule has 0 saturated carbocycles. The van der Waals surface area contributed by atoms with E-state index in [2.05, 4.69) is 0 Å². The van der Waals surface area contributed by atoms with Crippen LogP contribution in [0.1, 0.15) is 25.5 Å². The van der Waals surface area contributed by atoms with Crippen LogP contribution in [0, 0.1) is 11.6 Å². The summed E-state index contributed by atoms with van der Waals surface area (Å²) in [5, 5.41) is 0. The first-order chi connectivity index (χ1) is 8.45. The number of esters is 1. The summed E-state index contributed by atoms with van der Waals surface area (Å²) < 4.78 is 31.4. The molecule has 0 aliphatic heterocycles. The molecule has 0 aliphatic rings. The predicted octanol–water partition coefficient (Wildman–Crippen LogP) is 2.52. The van der Waals surface area contributed by atoms with Crippen LogP contribution < -0.4 is 0 Å². The van der Waals surface area contributed by atoms with Crippen molar-refractivity contribution < 1.29 is 18.3 Å². The van der Waals surface area contributed by atoms with Crippen molar-refractivity contribution in [1.82, 2.24) is 4.90 Å². The van der Waals surface area contributed by atoms with Gasteiger partial charge in [0.25, 0.3) is 0 Å². The first-order valence-corrected chi connectivity index (χ1v) is 5.76. The van der Waals surface area contributed by atoms with Gasteiger partial charge in [0, 0.05) is 11.6 Å². The molecule has 0 heterocycles. The van der Waals surface area contributed by atoms with Gasteiger partial charge in [0.1, 0.15) is 11.6 Å². The predicted molar refractivity (Wildman–Crippen MR) is 64.0 cm³/mol. The molecule has 0 N–H and O–H groups in total. The molecular formula is C13H17F2NO2. The zero-order valence-corrected chi connectivity index (χ0v) is 10.7. The Morgan fingerprint density at radius 2 is 2.11 bits per heavy atom. The van der Waals surface area contributed by atoms with Crippen LogP contribution in [0.5, 0.6) is 0 Å². The lowest BCUT2D eigenvalue weighted by atomic mass is 10.1. The van der Waals surface area contributed by atoms with Crippen molar-refractivity contribution in [2.45, 2.75) is 19.9 Å². The van der Waals surface area contributed by atoms with E-state index in [1.807, 2.05) is 0 Å². The van der Waals surface area contributed by atoms with Gasteiger partial charge in [-0.1, -0.05) is 0 Å². The molecule has 0 bridgehead atoms. The highest BCUT2D eigenvalue weighted by Crippen LogP contribution is 2.22. The van der Waals surface area contributed by atoms with Crippen molar-refractivity contribution >= 4 is 5.97 Å². The maximum absolute atomic E-state index is 13.6. The first kappa shape index (κ1) is 14.6. The first-order valence-electron chi connectivity index (χ1n) is 5.76. The summed E-state index contributed by atoms with van der Waals surface area (Å²) in [6.07, 6.45) is 0. The second kappa shape index (κ2) is 6.44. The Bertz CT molecular complexity index is 423. The van der Waals surface area contributed by atoms with E-state index in [4.69, 9.17) is 4.74 Å². The van der Waals surface area contributed by atoms with Gasteiger partial charge in [-0.15, -0.1) is 0 Å². The third-order valence-electron chi connectivity index (χ3n) is 2.75. The number of nitrogens with zero attached hydrogens (tertiary/aromatic N) is 1. The molecule has 100 valence electrons. The summed E-state index contributed by atoms with van der Waals surface area (Å²) in [6, 6.07) is 2.88. The van der Waals surface area contributed by atoms with Crippen LogP contribution in [0.2, 0.25) is 0 Å². The molecule has 1 unspecified atom stereocenters. The maximum Gasteiger partial charge on any atom is 0.320 e. The number of halogens is 2. The molecule has 0 radical (unpaired) electrons. The van der Waals surface area contributed by atoms with Gasteiger partial charge in [-0.2, -0.15) is 0 Å². The summed E-state index contributed by atoms with van der Waals surface area (Å²) in [6.45, 7) is 3.75. The molecule has 5 heteroatoms. The minimum absolute atomic E-state index is 0.0327. The zero-order valence-electron chi connectivity index (χ0n) is 10.7. The molecular weight excluding hydrogens is 240 g/mol. The van der Waals surface area contributed by atoms with Crippen molar-refractivity contribution in [3.8, 4) is 0 Å². The Morgan fingerprint density at radius 1 is 1.44 bits per heavy atom. The average molecular weight is 257 g/mol. The van der Waals surface area contributed by atoms with Gasteiger partial charge in [0.15, 0.2) is 0 Å². The fraction of sp³-hybridized carbons (Fsp3) is 0.462. The minimum atomic E-state index is -0.497. The summed E-state index contributed by atoms with van der Waals surface area (Å²) in [5.41, 5.74) is 0.224. The van der Waals surface area contributed by atoms with E-state index < -0.39 is 17.7 Å². The Labute approximate surface area is 105 Å². The lowest BCUT2D eigenvalue weighted by Crippen LogP contribution is -2.30. The van der Waals surface area contributed by atoms with Gasteiger partial charge in [-0.3, -0.25) is 9.69 Å². The topological polar surface area (TPSA) is 29.5 Å². The van der Waals surface area contributed by atoms with Crippen molar-refractivity contribution in [3.05, 3.63) is 35.4 Å². The molecule has 0 saturated heterocycles. The number of hydrogen-bond donors (Lipinski definition) is 0. The van der Waals surface area contributed by atoms with Crippen LogP contribution in [-0.4, -0.2) is 31.1 Å². The van der Waals surface area contributed by atoms with Crippen molar-refractivity contribution in [1.29, 1.82) is 0 Å². The summed E-state index contributed by atoms with van der Waals surface area (Å²) in [7, 11) is 1.66. The van der Waals surface area contributed by atoms with Gasteiger partial charge in [0.2, 0.25) is 0 Å². The summed E-state index contributed by atoms with van der Waals surface area (Å²) >= 11 is 0. The fourth-order valence-corrected chi connectivity index (χ4v) is 1.62. The van der Waals surface area contributed by atoms with E-state index in [0.29, 0.717) is 6.61 Å². The lowest BCUT2D eigenvalue weighted by Gasteiger charge is -2.24. The maximum atomic E-state index is 13.6. The molecule has 1 atom stereocenters. The smallest absolute Gasteiger partial charge is 0.320 e. The molecule has 0 amide bonds. The molecule has 18 heavy (non-hydrogen) atoms. The van der Waals surface area contributed by atoms with Crippen molar-refractivity contribution in [3.63, 3.8) is 0 Å². The van der Waals surface area contributed by atoms with Gasteiger partial charge < -0.3 is 4.74 Å². The van der Waals surface area contributed by atoms with Gasteiger partial charge in [-0.25, -0.2) is 8.78 Å². The molecule has 3 nitrogen and oxygen atoms in total. The van der Waals surface area contributed by atoms with E-state index in [1.54, 1.807) is 25.8 Å². The van der Waals surface area contributed by atoms with E-state index in [-0.39, 0.29) is 18.1 Å². The number of ether oxygens (including phenoxy) is 1. The number of carbonyl (C=O) groups excluding carboxylic acids is 1. The van der Waals surface area contributed by atoms with Crippen LogP contribution in [0.4, 0.5) is 8.78 Å². The van der Waals surface area contributed by atoms with E-state index in [0.717, 1.165) is 18.2 Å². The number of hydrogen-bond acceptors (Lipinski definition) is 3. The average Bonchev–Trinajstić information content (AvgIpc) is 2.31. The highest BCUT2D eigenvalue weighted by molar-refractivity contribution is 5.71. The van der Waals surface area contributed by atoms with Crippen LogP contribution in [0.15, 0.2) is 18.2 Å². The fourth-order valence-electron chi connectivity index (χ4n) is 1.62. The number of benzene rings is 1. The Kier molecular flexibility index (Phi) is 5.22. The van der Waals surface area contributed by atoms with Gasteiger partial charge >= 0.3 is 5.97 Å². The van der Waals surface area contributed by atoms with Gasteiger partial charge in [-0.05, 0) is 39.1 Å². The molecule has 0 spiro atoms. The largest absolute Gasteiger partial charge is 0.465 e. The number of rotatable bonds is 5. The minimum Gasteiger partial charge on any atom is -0.465 e. The molecule has 1 aromatic carbocycles. The standard InChI is InChI=1S/C13H17F2NO2/c1-4-18-13(17)8-16(3)9(2)11-7-10(14)5-6-12(11)15/h5-7,9H,4,8H2,1-3H3. The Hall–Kier alpha value is -1.49. The van der Waals surface area contributed by atoms with Crippen molar-refractivity contribution in [2.75, 3.05) is 20.2 Å². The van der Waals surface area contributed by atoms with E-state index in [1.165, 1.54) is 0 Å². The second-order valence-electron chi connectivity index (χ2n) is 4.06. The Balaban J connectivity index is 2.76. The molecule has 1 rings (SSSR count). The van der Waals surface area contributed by atoms with Crippen molar-refractivity contribution in [2.24, 2.45) is 0 Å². The lowest BCUT2D eigenvalue weighted by molar-refractivity contribution is -0.144. The molecule has 0 aromatic heterocycles. The van der Waals surface area contributed by atoms with Crippen LogP contribution >= 0.6 is 0 Å². The monoisotopic (exact) mass is 257 g/mol. The van der Waals surface area contributed by atoms with E-state index in [9.17, 15) is 13.6 Å².